The van der Waals surface area contributed by atoms with Gasteiger partial charge in [0.15, 0.2) is 0 Å². The first-order valence-electron chi connectivity index (χ1n) is 6.13. The molecule has 0 aromatic rings. The largest absolute Gasteiger partial charge is 0.103 e. The maximum absolute atomic E-state index is 3.74. The zero-order valence-electron chi connectivity index (χ0n) is 10.0. The molecule has 0 atom stereocenters. The van der Waals surface area contributed by atoms with Crippen molar-refractivity contribution in [3.05, 3.63) is 24.3 Å². The van der Waals surface area contributed by atoms with Crippen molar-refractivity contribution >= 4 is 0 Å². The van der Waals surface area contributed by atoms with Crippen molar-refractivity contribution in [2.24, 2.45) is 0 Å². The molecule has 14 heavy (non-hydrogen) atoms. The van der Waals surface area contributed by atoms with Crippen LogP contribution in [0, 0.1) is 0 Å². The Hall–Kier alpha value is -0.520. The molecule has 0 aliphatic rings. The summed E-state index contributed by atoms with van der Waals surface area (Å²) >= 11 is 0. The molecule has 0 heteroatoms. The van der Waals surface area contributed by atoms with Crippen molar-refractivity contribution in [3.8, 4) is 0 Å². The van der Waals surface area contributed by atoms with Crippen LogP contribution in [0.1, 0.15) is 65.2 Å². The lowest BCUT2D eigenvalue weighted by molar-refractivity contribution is 0.666. The Morgan fingerprint density at radius 2 is 1.86 bits per heavy atom. The van der Waals surface area contributed by atoms with Crippen molar-refractivity contribution in [1.82, 2.24) is 0 Å². The average Bonchev–Trinajstić information content (AvgIpc) is 2.18. The van der Waals surface area contributed by atoms with Crippen LogP contribution in [0.3, 0.4) is 0 Å². The van der Waals surface area contributed by atoms with E-state index in [9.17, 15) is 0 Å². The van der Waals surface area contributed by atoms with E-state index in [0.29, 0.717) is 0 Å². The van der Waals surface area contributed by atoms with Gasteiger partial charge in [0.1, 0.15) is 0 Å². The molecule has 0 aromatic carbocycles. The van der Waals surface area contributed by atoms with Gasteiger partial charge < -0.3 is 0 Å². The Labute approximate surface area is 90.1 Å². The lowest BCUT2D eigenvalue weighted by Gasteiger charge is -2.05. The first-order chi connectivity index (χ1) is 6.85. The Morgan fingerprint density at radius 1 is 1.07 bits per heavy atom. The minimum atomic E-state index is 1.18. The summed E-state index contributed by atoms with van der Waals surface area (Å²) in [6.07, 6.45) is 14.8. The van der Waals surface area contributed by atoms with Gasteiger partial charge in [-0.3, -0.25) is 0 Å². The SMILES string of the molecule is C=CCCCCCC(=CCC)CCC. The van der Waals surface area contributed by atoms with Gasteiger partial charge >= 0.3 is 0 Å². The van der Waals surface area contributed by atoms with Gasteiger partial charge in [-0.15, -0.1) is 6.58 Å². The Kier molecular flexibility index (Phi) is 10.2. The topological polar surface area (TPSA) is 0 Å². The molecule has 0 saturated heterocycles. The van der Waals surface area contributed by atoms with Crippen LogP contribution in [0.5, 0.6) is 0 Å². The number of unbranched alkanes of at least 4 members (excludes halogenated alkanes) is 3. The predicted octanol–water partition coefficient (Wildman–Crippen LogP) is 5.26. The Balaban J connectivity index is 3.50. The summed E-state index contributed by atoms with van der Waals surface area (Å²) in [4.78, 5) is 0. The van der Waals surface area contributed by atoms with Gasteiger partial charge in [0.05, 0.1) is 0 Å². The van der Waals surface area contributed by atoms with Gasteiger partial charge in [0.2, 0.25) is 0 Å². The van der Waals surface area contributed by atoms with Gasteiger partial charge in [0.25, 0.3) is 0 Å². The lowest BCUT2D eigenvalue weighted by Crippen LogP contribution is -1.85. The molecule has 0 unspecified atom stereocenters. The third-order valence-corrected chi connectivity index (χ3v) is 2.47. The second kappa shape index (κ2) is 10.6. The van der Waals surface area contributed by atoms with Crippen molar-refractivity contribution in [2.75, 3.05) is 0 Å². The van der Waals surface area contributed by atoms with Crippen molar-refractivity contribution in [2.45, 2.75) is 65.2 Å². The number of rotatable bonds is 9. The zero-order chi connectivity index (χ0) is 10.6. The van der Waals surface area contributed by atoms with Crippen molar-refractivity contribution in [1.29, 1.82) is 0 Å². The standard InChI is InChI=1S/C14H26/c1-4-7-8-9-10-13-14(11-5-2)12-6-3/h4,11H,1,5-10,12-13H2,2-3H3. The first-order valence-corrected chi connectivity index (χ1v) is 6.13. The van der Waals surface area contributed by atoms with Crippen molar-refractivity contribution < 1.29 is 0 Å². The van der Waals surface area contributed by atoms with Gasteiger partial charge in [-0.25, -0.2) is 0 Å². The maximum atomic E-state index is 3.74. The summed E-state index contributed by atoms with van der Waals surface area (Å²) in [6.45, 7) is 8.24. The van der Waals surface area contributed by atoms with E-state index in [1.807, 2.05) is 6.08 Å². The average molecular weight is 194 g/mol. The van der Waals surface area contributed by atoms with Gasteiger partial charge in [-0.2, -0.15) is 0 Å². The summed E-state index contributed by atoms with van der Waals surface area (Å²) in [5.41, 5.74) is 1.67. The van der Waals surface area contributed by atoms with E-state index < -0.39 is 0 Å². The fourth-order valence-corrected chi connectivity index (χ4v) is 1.76. The molecular formula is C14H26. The number of allylic oxidation sites excluding steroid dienone is 3. The van der Waals surface area contributed by atoms with Gasteiger partial charge in [-0.05, 0) is 38.5 Å². The Bertz CT molecular complexity index is 153. The second-order valence-electron chi connectivity index (χ2n) is 3.91. The van der Waals surface area contributed by atoms with Crippen LogP contribution in [0.15, 0.2) is 24.3 Å². The highest BCUT2D eigenvalue weighted by Crippen LogP contribution is 2.15. The van der Waals surface area contributed by atoms with Crippen LogP contribution >= 0.6 is 0 Å². The molecule has 0 fully saturated rings. The molecule has 0 aromatic heterocycles. The molecule has 0 amide bonds. The molecule has 0 spiro atoms. The second-order valence-corrected chi connectivity index (χ2v) is 3.91. The van der Waals surface area contributed by atoms with Crippen LogP contribution in [-0.4, -0.2) is 0 Å². The highest BCUT2D eigenvalue weighted by atomic mass is 14.0. The quantitative estimate of drug-likeness (QED) is 0.347. The highest BCUT2D eigenvalue weighted by molar-refractivity contribution is 5.01. The first kappa shape index (κ1) is 13.5. The van der Waals surface area contributed by atoms with Gasteiger partial charge in [0, 0.05) is 0 Å². The van der Waals surface area contributed by atoms with Crippen molar-refractivity contribution in [3.63, 3.8) is 0 Å². The minimum Gasteiger partial charge on any atom is -0.103 e. The zero-order valence-corrected chi connectivity index (χ0v) is 10.0. The predicted molar refractivity (Wildman–Crippen MR) is 66.6 cm³/mol. The van der Waals surface area contributed by atoms with E-state index in [1.54, 1.807) is 5.57 Å². The third kappa shape index (κ3) is 8.10. The molecule has 0 rings (SSSR count). The van der Waals surface area contributed by atoms with E-state index in [0.717, 1.165) is 0 Å². The lowest BCUT2D eigenvalue weighted by atomic mass is 10.0. The summed E-state index contributed by atoms with van der Waals surface area (Å²) < 4.78 is 0. The third-order valence-electron chi connectivity index (χ3n) is 2.47. The normalized spacial score (nSPS) is 11.7. The van der Waals surface area contributed by atoms with Crippen LogP contribution < -0.4 is 0 Å². The van der Waals surface area contributed by atoms with E-state index in [-0.39, 0.29) is 0 Å². The molecule has 0 aliphatic heterocycles. The number of hydrogen-bond acceptors (Lipinski definition) is 0. The summed E-state index contributed by atoms with van der Waals surface area (Å²) in [5.74, 6) is 0. The van der Waals surface area contributed by atoms with E-state index in [2.05, 4.69) is 26.5 Å². The molecule has 0 bridgehead atoms. The number of hydrogen-bond donors (Lipinski definition) is 0. The fourth-order valence-electron chi connectivity index (χ4n) is 1.76. The molecular weight excluding hydrogens is 168 g/mol. The van der Waals surface area contributed by atoms with E-state index in [4.69, 9.17) is 0 Å². The summed E-state index contributed by atoms with van der Waals surface area (Å²) in [5, 5.41) is 0. The molecule has 0 nitrogen and oxygen atoms in total. The van der Waals surface area contributed by atoms with E-state index >= 15 is 0 Å². The Morgan fingerprint density at radius 3 is 2.43 bits per heavy atom. The molecule has 82 valence electrons. The van der Waals surface area contributed by atoms with Crippen LogP contribution in [0.25, 0.3) is 0 Å². The smallest absolute Gasteiger partial charge is 0.0320 e. The molecule has 0 saturated carbocycles. The van der Waals surface area contributed by atoms with E-state index in [1.165, 1.54) is 51.4 Å². The molecule has 0 heterocycles. The fraction of sp³-hybridized carbons (Fsp3) is 0.714. The van der Waals surface area contributed by atoms with Gasteiger partial charge in [-0.1, -0.05) is 44.4 Å². The molecule has 0 aliphatic carbocycles. The molecule has 0 N–H and O–H groups in total. The highest BCUT2D eigenvalue weighted by Gasteiger charge is 1.95. The maximum Gasteiger partial charge on any atom is -0.0320 e. The molecule has 0 radical (unpaired) electrons. The van der Waals surface area contributed by atoms with Crippen LogP contribution in [-0.2, 0) is 0 Å². The monoisotopic (exact) mass is 194 g/mol. The van der Waals surface area contributed by atoms with Crippen LogP contribution in [0.2, 0.25) is 0 Å². The van der Waals surface area contributed by atoms with Crippen LogP contribution in [0.4, 0.5) is 0 Å². The summed E-state index contributed by atoms with van der Waals surface area (Å²) in [6, 6.07) is 0. The minimum absolute atomic E-state index is 1.18. The summed E-state index contributed by atoms with van der Waals surface area (Å²) in [7, 11) is 0.